The van der Waals surface area contributed by atoms with E-state index in [1.807, 2.05) is 4.68 Å². The molecule has 1 aliphatic heterocycles. The summed E-state index contributed by atoms with van der Waals surface area (Å²) in [5.41, 5.74) is -0.310. The van der Waals surface area contributed by atoms with Crippen LogP contribution in [0.15, 0.2) is 0 Å². The third-order valence-corrected chi connectivity index (χ3v) is 2.18. The third kappa shape index (κ3) is 0.797. The molecule has 0 aromatic carbocycles. The maximum Gasteiger partial charge on any atom is 0.172 e. The van der Waals surface area contributed by atoms with E-state index in [4.69, 9.17) is 0 Å². The summed E-state index contributed by atoms with van der Waals surface area (Å²) in [4.78, 5) is 0. The molecule has 5 nitrogen and oxygen atoms in total. The van der Waals surface area contributed by atoms with Gasteiger partial charge in [-0.1, -0.05) is 0 Å². The monoisotopic (exact) mass is 167 g/mol. The molecule has 1 N–H and O–H groups in total. The molecule has 2 rings (SSSR count). The molecule has 5 heteroatoms. The van der Waals surface area contributed by atoms with Crippen LogP contribution in [0.3, 0.4) is 0 Å². The minimum atomic E-state index is -0.178. The Kier molecular flexibility index (Phi) is 1.18. The summed E-state index contributed by atoms with van der Waals surface area (Å²) in [5.74, 6) is 0.896. The fourth-order valence-corrected chi connectivity index (χ4v) is 1.83. The third-order valence-electron chi connectivity index (χ3n) is 2.18. The number of nitrogens with zero attached hydrogens (tertiary/aromatic N) is 4. The molecule has 0 spiro atoms. The average molecular weight is 167 g/mol. The van der Waals surface area contributed by atoms with Gasteiger partial charge in [0, 0.05) is 0 Å². The molecule has 12 heavy (non-hydrogen) atoms. The molecule has 1 aromatic rings. The first-order valence-electron chi connectivity index (χ1n) is 4.02. The van der Waals surface area contributed by atoms with Gasteiger partial charge >= 0.3 is 0 Å². The summed E-state index contributed by atoms with van der Waals surface area (Å²) in [6.07, 6.45) is 0. The van der Waals surface area contributed by atoms with Crippen LogP contribution in [0.4, 0.5) is 0 Å². The molecule has 0 amide bonds. The number of hydrogen-bond donors (Lipinski definition) is 1. The second-order valence-electron chi connectivity index (χ2n) is 4.22. The lowest BCUT2D eigenvalue weighted by atomic mass is 10.1. The molecular formula is C7H13N5. The zero-order valence-corrected chi connectivity index (χ0v) is 7.79. The van der Waals surface area contributed by atoms with Crippen LogP contribution >= 0.6 is 0 Å². The van der Waals surface area contributed by atoms with E-state index in [1.54, 1.807) is 0 Å². The number of nitrogens with one attached hydrogen (secondary N) is 1. The predicted octanol–water partition coefficient (Wildman–Crippen LogP) is 0.204. The number of aromatic nitrogens is 4. The lowest BCUT2D eigenvalue weighted by Crippen LogP contribution is -2.42. The number of rotatable bonds is 0. The van der Waals surface area contributed by atoms with Gasteiger partial charge in [-0.15, -0.1) is 5.10 Å². The summed E-state index contributed by atoms with van der Waals surface area (Å²) in [6, 6.07) is 0. The highest BCUT2D eigenvalue weighted by molar-refractivity contribution is 5.09. The molecule has 1 aliphatic rings. The number of tetrazole rings is 1. The molecule has 0 radical (unpaired) electrons. The zero-order chi connectivity index (χ0) is 8.98. The Morgan fingerprint density at radius 2 is 1.92 bits per heavy atom. The Balaban J connectivity index is 2.60. The minimum absolute atomic E-state index is 0.132. The van der Waals surface area contributed by atoms with E-state index in [2.05, 4.69) is 48.5 Å². The lowest BCUT2D eigenvalue weighted by Gasteiger charge is -2.23. The van der Waals surface area contributed by atoms with Crippen LogP contribution in [-0.4, -0.2) is 20.2 Å². The van der Waals surface area contributed by atoms with E-state index in [-0.39, 0.29) is 11.2 Å². The highest BCUT2D eigenvalue weighted by Gasteiger charge is 2.43. The van der Waals surface area contributed by atoms with Crippen molar-refractivity contribution in [3.05, 3.63) is 5.82 Å². The van der Waals surface area contributed by atoms with Crippen LogP contribution in [0.2, 0.25) is 0 Å². The molecule has 0 unspecified atom stereocenters. The first-order chi connectivity index (χ1) is 5.43. The smallest absolute Gasteiger partial charge is 0.172 e. The van der Waals surface area contributed by atoms with Crippen molar-refractivity contribution < 1.29 is 0 Å². The molecule has 1 aromatic heterocycles. The van der Waals surface area contributed by atoms with Gasteiger partial charge in [0.25, 0.3) is 0 Å². The second kappa shape index (κ2) is 1.85. The second-order valence-corrected chi connectivity index (χ2v) is 4.22. The first-order valence-corrected chi connectivity index (χ1v) is 4.02. The molecule has 0 aliphatic carbocycles. The first kappa shape index (κ1) is 7.67. The fourth-order valence-electron chi connectivity index (χ4n) is 1.83. The molecule has 0 atom stereocenters. The Morgan fingerprint density at radius 3 is 2.50 bits per heavy atom. The summed E-state index contributed by atoms with van der Waals surface area (Å²) >= 11 is 0. The summed E-state index contributed by atoms with van der Waals surface area (Å²) < 4.78 is 1.83. The number of hydrogen-bond acceptors (Lipinski definition) is 4. The zero-order valence-electron chi connectivity index (χ0n) is 7.79. The van der Waals surface area contributed by atoms with Crippen LogP contribution in [0.5, 0.6) is 0 Å². The molecule has 66 valence electrons. The van der Waals surface area contributed by atoms with Crippen molar-refractivity contribution in [2.24, 2.45) is 0 Å². The van der Waals surface area contributed by atoms with Gasteiger partial charge < -0.3 is 0 Å². The molecule has 0 saturated carbocycles. The Bertz CT molecular complexity index is 283. The Hall–Kier alpha value is -0.970. The van der Waals surface area contributed by atoms with Crippen molar-refractivity contribution >= 4 is 0 Å². The fraction of sp³-hybridized carbons (Fsp3) is 0.857. The van der Waals surface area contributed by atoms with Gasteiger partial charge in [-0.05, 0) is 38.1 Å². The van der Waals surface area contributed by atoms with Crippen LogP contribution in [0.25, 0.3) is 0 Å². The van der Waals surface area contributed by atoms with Crippen LogP contribution in [-0.2, 0) is 11.2 Å². The maximum absolute atomic E-state index is 3.98. The van der Waals surface area contributed by atoms with Gasteiger partial charge in [0.1, 0.15) is 5.66 Å². The van der Waals surface area contributed by atoms with Gasteiger partial charge in [-0.2, -0.15) is 0 Å². The van der Waals surface area contributed by atoms with Crippen LogP contribution < -0.4 is 5.32 Å². The van der Waals surface area contributed by atoms with Gasteiger partial charge in [-0.25, -0.2) is 4.68 Å². The van der Waals surface area contributed by atoms with Crippen molar-refractivity contribution in [1.29, 1.82) is 0 Å². The normalized spacial score (nSPS) is 24.0. The highest BCUT2D eigenvalue weighted by Crippen LogP contribution is 2.31. The molecule has 0 saturated heterocycles. The average Bonchev–Trinajstić information content (AvgIpc) is 2.34. The summed E-state index contributed by atoms with van der Waals surface area (Å²) in [6.45, 7) is 8.26. The number of fused-ring (bicyclic) bond motifs is 1. The molecule has 2 heterocycles. The van der Waals surface area contributed by atoms with Gasteiger partial charge in [0.05, 0.1) is 5.54 Å². The molecular weight excluding hydrogens is 154 g/mol. The minimum Gasteiger partial charge on any atom is -0.281 e. The Labute approximate surface area is 71.1 Å². The van der Waals surface area contributed by atoms with Crippen molar-refractivity contribution in [3.8, 4) is 0 Å². The van der Waals surface area contributed by atoms with E-state index in [1.165, 1.54) is 0 Å². The van der Waals surface area contributed by atoms with Gasteiger partial charge in [-0.3, -0.25) is 5.32 Å². The van der Waals surface area contributed by atoms with Crippen molar-refractivity contribution in [2.75, 3.05) is 0 Å². The summed E-state index contributed by atoms with van der Waals surface area (Å²) in [5, 5.41) is 15.0. The van der Waals surface area contributed by atoms with E-state index in [0.717, 1.165) is 5.82 Å². The van der Waals surface area contributed by atoms with Crippen molar-refractivity contribution in [3.63, 3.8) is 0 Å². The van der Waals surface area contributed by atoms with Crippen molar-refractivity contribution in [1.82, 2.24) is 25.5 Å². The van der Waals surface area contributed by atoms with Gasteiger partial charge in [0.15, 0.2) is 5.82 Å². The van der Waals surface area contributed by atoms with Crippen molar-refractivity contribution in [2.45, 2.75) is 38.9 Å². The SMILES string of the molecule is CC1(C)NC(C)(C)n2nnnc21. The molecule has 0 fully saturated rings. The predicted molar refractivity (Wildman–Crippen MR) is 43.3 cm³/mol. The van der Waals surface area contributed by atoms with Crippen LogP contribution in [0.1, 0.15) is 33.5 Å². The maximum atomic E-state index is 3.98. The lowest BCUT2D eigenvalue weighted by molar-refractivity contribution is 0.239. The quantitative estimate of drug-likeness (QED) is 0.600. The van der Waals surface area contributed by atoms with E-state index < -0.39 is 0 Å². The van der Waals surface area contributed by atoms with E-state index in [9.17, 15) is 0 Å². The van der Waals surface area contributed by atoms with E-state index in [0.29, 0.717) is 0 Å². The highest BCUT2D eigenvalue weighted by atomic mass is 15.6. The largest absolute Gasteiger partial charge is 0.281 e. The van der Waals surface area contributed by atoms with E-state index >= 15 is 0 Å². The molecule has 0 bridgehead atoms. The van der Waals surface area contributed by atoms with Gasteiger partial charge in [0.2, 0.25) is 0 Å². The topological polar surface area (TPSA) is 55.6 Å². The standard InChI is InChI=1S/C7H13N5/c1-6(2)5-8-10-11-12(5)7(3,4)9-6/h9H,1-4H3. The van der Waals surface area contributed by atoms with Crippen LogP contribution in [0, 0.1) is 0 Å². The Morgan fingerprint density at radius 1 is 1.25 bits per heavy atom. The summed E-state index contributed by atoms with van der Waals surface area (Å²) in [7, 11) is 0.